The van der Waals surface area contributed by atoms with Crippen LogP contribution in [0.5, 0.6) is 11.5 Å². The number of rotatable bonds is 27. The van der Waals surface area contributed by atoms with Gasteiger partial charge in [-0.05, 0) is 123 Å². The number of phenolic OH excluding ortho intramolecular Hbond substituents is 2. The molecule has 27 N–H and O–H groups in total. The highest BCUT2D eigenvalue weighted by molar-refractivity contribution is 14.1. The van der Waals surface area contributed by atoms with Crippen molar-refractivity contribution in [2.75, 3.05) is 37.7 Å². The van der Waals surface area contributed by atoms with Gasteiger partial charge in [-0.2, -0.15) is 25.3 Å². The second-order valence-electron chi connectivity index (χ2n) is 26.2. The lowest BCUT2D eigenvalue weighted by Gasteiger charge is -2.31. The van der Waals surface area contributed by atoms with Crippen molar-refractivity contribution in [2.24, 2.45) is 22.9 Å². The summed E-state index contributed by atoms with van der Waals surface area (Å²) in [6.45, 7) is -0.231. The monoisotopic (exact) mass is 1720 g/mol. The van der Waals surface area contributed by atoms with Gasteiger partial charge in [0.15, 0.2) is 5.96 Å². The molecule has 3 heterocycles. The number of amides is 15. The van der Waals surface area contributed by atoms with Crippen molar-refractivity contribution in [1.82, 2.24) is 89.0 Å². The molecule has 0 spiro atoms. The quantitative estimate of drug-likeness (QED) is 0.0111. The lowest BCUT2D eigenvalue weighted by Crippen LogP contribution is -2.62. The molecule has 43 nitrogen and oxygen atoms in total. The number of aliphatic hydroxyl groups is 1. The predicted molar refractivity (Wildman–Crippen MR) is 408 cm³/mol. The third-order valence-electron chi connectivity index (χ3n) is 17.5. The summed E-state index contributed by atoms with van der Waals surface area (Å²) in [5, 5.41) is 99.6. The average molecular weight is 1720 g/mol. The van der Waals surface area contributed by atoms with Gasteiger partial charge in [0.25, 0.3) is 0 Å². The van der Waals surface area contributed by atoms with E-state index in [2.05, 4.69) is 105 Å². The Kier molecular flexibility index (Phi) is 37.2. The zero-order valence-electron chi connectivity index (χ0n) is 60.6. The van der Waals surface area contributed by atoms with Gasteiger partial charge >= 0.3 is 18.0 Å². The van der Waals surface area contributed by atoms with Crippen LogP contribution in [0, 0.1) is 8.98 Å². The maximum absolute atomic E-state index is 15.0. The minimum atomic E-state index is -2.07. The fourth-order valence-corrected chi connectivity index (χ4v) is 12.7. The molecule has 3 aromatic rings. The minimum Gasteiger partial charge on any atom is -0.508 e. The van der Waals surface area contributed by atoms with Crippen molar-refractivity contribution in [1.29, 1.82) is 5.41 Å². The fourth-order valence-electron chi connectivity index (χ4n) is 11.6. The van der Waals surface area contributed by atoms with Crippen LogP contribution in [0.25, 0.3) is 0 Å². The van der Waals surface area contributed by atoms with Crippen LogP contribution in [0.3, 0.4) is 0 Å². The van der Waals surface area contributed by atoms with Gasteiger partial charge in [0, 0.05) is 69.6 Å². The molecule has 0 aliphatic carbocycles. The molecular formula is C66H95IN22O21S2. The number of carboxylic acids is 2. The zero-order valence-corrected chi connectivity index (χ0v) is 64.6. The minimum absolute atomic E-state index is 0.0126. The number of aryl methyl sites for hydroxylation is 1. The molecular weight excluding hydrogens is 1630 g/mol. The number of fused-ring (bicyclic) bond motifs is 3. The number of halogens is 1. The van der Waals surface area contributed by atoms with Crippen molar-refractivity contribution >= 4 is 149 Å². The molecule has 0 saturated carbocycles. The summed E-state index contributed by atoms with van der Waals surface area (Å²) in [5.41, 5.74) is 22.4. The average Bonchev–Trinajstić information content (AvgIpc) is 1.78. The third kappa shape index (κ3) is 30.1. The summed E-state index contributed by atoms with van der Waals surface area (Å²) in [6.07, 6.45) is -5.67. The first-order chi connectivity index (χ1) is 53.0. The molecule has 2 aliphatic heterocycles. The second kappa shape index (κ2) is 45.4. The van der Waals surface area contributed by atoms with Crippen LogP contribution in [0.4, 0.5) is 4.79 Å². The molecule has 614 valence electrons. The second-order valence-corrected chi connectivity index (χ2v) is 28.1. The first-order valence-electron chi connectivity index (χ1n) is 35.2. The molecule has 13 atom stereocenters. The highest BCUT2D eigenvalue weighted by Gasteiger charge is 2.43. The van der Waals surface area contributed by atoms with Crippen molar-refractivity contribution < 1.29 is 102 Å². The van der Waals surface area contributed by atoms with Gasteiger partial charge in [0.1, 0.15) is 84.0 Å². The van der Waals surface area contributed by atoms with E-state index in [-0.39, 0.29) is 110 Å². The van der Waals surface area contributed by atoms with E-state index < -0.39 is 230 Å². The van der Waals surface area contributed by atoms with Crippen LogP contribution in [-0.4, -0.2) is 262 Å². The number of aromatic hydroxyl groups is 2. The molecule has 2 aromatic carbocycles. The Morgan fingerprint density at radius 1 is 0.679 bits per heavy atom. The lowest BCUT2D eigenvalue weighted by molar-refractivity contribution is -0.146. The largest absolute Gasteiger partial charge is 0.508 e. The van der Waals surface area contributed by atoms with E-state index in [0.29, 0.717) is 5.56 Å². The van der Waals surface area contributed by atoms with Crippen molar-refractivity contribution in [3.05, 3.63) is 69.1 Å². The molecule has 1 unspecified atom stereocenters. The Labute approximate surface area is 664 Å². The molecule has 1 saturated heterocycles. The summed E-state index contributed by atoms with van der Waals surface area (Å²) >= 11 is 10.2. The van der Waals surface area contributed by atoms with Gasteiger partial charge in [-0.25, -0.2) is 9.59 Å². The Hall–Kier alpha value is -10.9. The summed E-state index contributed by atoms with van der Waals surface area (Å²) < 4.78 is 1.45. The Morgan fingerprint density at radius 2 is 1.25 bits per heavy atom. The van der Waals surface area contributed by atoms with E-state index in [0.717, 1.165) is 11.8 Å². The van der Waals surface area contributed by atoms with Gasteiger partial charge in [0.05, 0.1) is 28.3 Å². The number of hydrogen-bond donors (Lipinski definition) is 25. The number of nitrogens with two attached hydrogens (primary N) is 4. The number of carbonyl (C=O) groups excluding carboxylic acids is 14. The number of primary amides is 2. The summed E-state index contributed by atoms with van der Waals surface area (Å²) in [5.74, 6) is -19.2. The molecule has 0 radical (unpaired) electrons. The number of aliphatic hydroxyl groups excluding tert-OH is 1. The predicted octanol–water partition coefficient (Wildman–Crippen LogP) is -7.82. The van der Waals surface area contributed by atoms with Crippen LogP contribution < -0.4 is 92.1 Å². The molecule has 2 bridgehead atoms. The molecule has 15 amide bonds. The Bertz CT molecular complexity index is 3900. The van der Waals surface area contributed by atoms with Crippen molar-refractivity contribution in [3.8, 4) is 11.5 Å². The van der Waals surface area contributed by atoms with Gasteiger partial charge < -0.3 is 122 Å². The molecule has 5 rings (SSSR count). The third-order valence-corrected chi connectivity index (χ3v) is 19.1. The number of carboxylic acid groups (broad SMARTS) is 2. The summed E-state index contributed by atoms with van der Waals surface area (Å²) in [7, 11) is 0. The highest BCUT2D eigenvalue weighted by Crippen LogP contribution is 2.23. The maximum atomic E-state index is 15.0. The molecule has 1 aromatic heterocycles. The Balaban J connectivity index is 1.68. The smallest absolute Gasteiger partial charge is 0.326 e. The molecule has 2 aliphatic rings. The normalized spacial score (nSPS) is 22.5. The SMILES string of the molecule is C[C@@H](O)[C@@H]1NC(=O)[C@@H](NC(=O)[C@H](CS)NC(=O)CN)Cc2cn(nn2)CCC[C@@H](C(=O)N[C@@H](Cc2ccc(O)cc2)C(=O)O)NC(=O)[C@H](CCC(N)=O)NC(=O)C(Cc2ccc(O)c(I)c2)NC(=O)[C@H](CCCNC(N)=O)NC(=O)[C@H](CS)NC(=O)[C@H](CCCNC(=N)N)NC(=O)[C@@H]2CCCN2C(=O)[C@H](CC(=O)O)NC1=O. The number of benzene rings is 2. The van der Waals surface area contributed by atoms with Gasteiger partial charge in [0.2, 0.25) is 76.8 Å². The number of urea groups is 1. The van der Waals surface area contributed by atoms with Crippen LogP contribution >= 0.6 is 47.8 Å². The maximum Gasteiger partial charge on any atom is 0.326 e. The first-order valence-corrected chi connectivity index (χ1v) is 37.6. The van der Waals surface area contributed by atoms with Gasteiger partial charge in [-0.1, -0.05) is 23.4 Å². The topological polar surface area (TPSA) is 693 Å². The fraction of sp³-hybridized carbons (Fsp3) is 0.530. The number of guanidine groups is 1. The number of nitrogens with zero attached hydrogens (tertiary/aromatic N) is 4. The number of carbonyl (C=O) groups is 16. The lowest BCUT2D eigenvalue weighted by atomic mass is 10.0. The van der Waals surface area contributed by atoms with Crippen molar-refractivity contribution in [3.63, 3.8) is 0 Å². The first kappa shape index (κ1) is 91.7. The van der Waals surface area contributed by atoms with Crippen molar-refractivity contribution in [2.45, 2.75) is 182 Å². The van der Waals surface area contributed by atoms with E-state index in [9.17, 15) is 102 Å². The van der Waals surface area contributed by atoms with Gasteiger partial charge in [-0.3, -0.25) is 77.2 Å². The van der Waals surface area contributed by atoms with Crippen LogP contribution in [0.2, 0.25) is 0 Å². The number of phenols is 2. The molecule has 46 heteroatoms. The van der Waals surface area contributed by atoms with E-state index in [4.69, 9.17) is 28.3 Å². The van der Waals surface area contributed by atoms with Crippen LogP contribution in [-0.2, 0) is 97.7 Å². The van der Waals surface area contributed by atoms with E-state index >= 15 is 0 Å². The van der Waals surface area contributed by atoms with E-state index in [1.54, 1.807) is 22.6 Å². The van der Waals surface area contributed by atoms with Crippen LogP contribution in [0.15, 0.2) is 48.7 Å². The number of thiol groups is 2. The summed E-state index contributed by atoms with van der Waals surface area (Å²) in [4.78, 5) is 223. The number of aliphatic carboxylic acids is 2. The number of nitrogens with one attached hydrogen (secondary N) is 14. The van der Waals surface area contributed by atoms with E-state index in [1.807, 2.05) is 0 Å². The number of aromatic nitrogens is 3. The summed E-state index contributed by atoms with van der Waals surface area (Å²) in [6, 6.07) is -12.4. The Morgan fingerprint density at radius 3 is 1.83 bits per heavy atom. The molecule has 1 fully saturated rings. The standard InChI is InChI=1S/C66H95IN22O21S2/c1-31(90)52-62(106)82-43(26-51(95)96)63(107)89-21-5-9-47(89)61(105)79-38(6-2-18-73-65(70)71)55(99)84-46(30-112)60(104)77-37(7-3-19-74-66(72)110)53(97)80-41(24-33-12-16-48(92)36(67)22-33)57(101)78-40(15-17-49(69)93)56(100)76-39(54(98)83-44(64(108)109)23-32-10-13-35(91)14-11-32)8-4-20-88-28-34(86-87-88)25-42(58(102)85-52)81-59(103)45(29-111)75-50(94)27-68/h10-14,16,22,28,31,37-47,52,90-92,111-112H,2-9,15,17-21,23-27,29-30,68H2,1H3,(H2,69,93)(H,75,94)(H,76,100)(H,77,104)(H,78,101)(H,79,105)(H,80,97)(H,81,103)(H,82,106)(H,83,98)(H,84,99)(H,85,102)(H,95,96)(H,108,109)(H4,70,71,73)(H3,72,74,110)/t31-,37+,38+,39+,40+,41?,42+,43+,44+,45+,46+,47+,52+/m1/s1. The highest BCUT2D eigenvalue weighted by atomic mass is 127. The van der Waals surface area contributed by atoms with Crippen LogP contribution in [0.1, 0.15) is 94.4 Å². The van der Waals surface area contributed by atoms with Gasteiger partial charge in [-0.15, -0.1) is 5.10 Å². The zero-order chi connectivity index (χ0) is 83.1. The van der Waals surface area contributed by atoms with E-state index in [1.165, 1.54) is 53.3 Å². The number of hydrogen-bond acceptors (Lipinski definition) is 25. The molecule has 112 heavy (non-hydrogen) atoms.